The van der Waals surface area contributed by atoms with Crippen molar-refractivity contribution in [1.82, 2.24) is 10.2 Å². The van der Waals surface area contributed by atoms with E-state index in [0.29, 0.717) is 5.56 Å². The molecule has 0 aliphatic heterocycles. The van der Waals surface area contributed by atoms with Crippen LogP contribution in [0.1, 0.15) is 30.9 Å². The summed E-state index contributed by atoms with van der Waals surface area (Å²) in [5.41, 5.74) is 2.68. The van der Waals surface area contributed by atoms with Gasteiger partial charge in [0, 0.05) is 12.1 Å². The minimum absolute atomic E-state index is 0.703. The topological polar surface area (TPSA) is 61.6 Å². The molecule has 0 spiro atoms. The highest BCUT2D eigenvalue weighted by molar-refractivity contribution is 7.18. The highest BCUT2D eigenvalue weighted by atomic mass is 32.1. The Balaban J connectivity index is 2.14. The van der Waals surface area contributed by atoms with Crippen LogP contribution in [0, 0.1) is 18.3 Å². The standard InChI is InChI=1S/C14H16N4S/c1-3-4-7-16-14-18-17-13(19-14)11-5-6-12(9-15)10(2)8-11/h5-6,8H,3-4,7H2,1-2H3,(H,16,18). The fourth-order valence-corrected chi connectivity index (χ4v) is 2.47. The number of anilines is 1. The van der Waals surface area contributed by atoms with E-state index in [1.54, 1.807) is 11.3 Å². The number of nitrogens with zero attached hydrogens (tertiary/aromatic N) is 3. The van der Waals surface area contributed by atoms with Gasteiger partial charge in [-0.25, -0.2) is 0 Å². The highest BCUT2D eigenvalue weighted by Crippen LogP contribution is 2.27. The summed E-state index contributed by atoms with van der Waals surface area (Å²) < 4.78 is 0. The fourth-order valence-electron chi connectivity index (χ4n) is 1.71. The van der Waals surface area contributed by atoms with Gasteiger partial charge >= 0.3 is 0 Å². The van der Waals surface area contributed by atoms with E-state index >= 15 is 0 Å². The number of nitriles is 1. The molecule has 19 heavy (non-hydrogen) atoms. The Morgan fingerprint density at radius 3 is 2.89 bits per heavy atom. The van der Waals surface area contributed by atoms with E-state index in [2.05, 4.69) is 28.5 Å². The molecule has 2 aromatic rings. The zero-order valence-electron chi connectivity index (χ0n) is 11.1. The summed E-state index contributed by atoms with van der Waals surface area (Å²) in [5, 5.41) is 22.2. The van der Waals surface area contributed by atoms with Crippen molar-refractivity contribution in [3.05, 3.63) is 29.3 Å². The summed E-state index contributed by atoms with van der Waals surface area (Å²) in [6, 6.07) is 7.90. The maximum absolute atomic E-state index is 8.92. The summed E-state index contributed by atoms with van der Waals surface area (Å²) in [7, 11) is 0. The van der Waals surface area contributed by atoms with Gasteiger partial charge in [-0.1, -0.05) is 30.7 Å². The first-order valence-corrected chi connectivity index (χ1v) is 7.14. The average Bonchev–Trinajstić information content (AvgIpc) is 2.88. The lowest BCUT2D eigenvalue weighted by Crippen LogP contribution is -1.99. The van der Waals surface area contributed by atoms with Crippen LogP contribution in [0.3, 0.4) is 0 Å². The molecule has 0 radical (unpaired) electrons. The second kappa shape index (κ2) is 6.30. The molecular formula is C14H16N4S. The summed E-state index contributed by atoms with van der Waals surface area (Å²) in [4.78, 5) is 0. The van der Waals surface area contributed by atoms with E-state index in [1.807, 2.05) is 25.1 Å². The quantitative estimate of drug-likeness (QED) is 0.845. The number of nitrogens with one attached hydrogen (secondary N) is 1. The molecule has 4 nitrogen and oxygen atoms in total. The zero-order valence-corrected chi connectivity index (χ0v) is 11.9. The number of hydrogen-bond donors (Lipinski definition) is 1. The lowest BCUT2D eigenvalue weighted by atomic mass is 10.1. The van der Waals surface area contributed by atoms with E-state index in [-0.39, 0.29) is 0 Å². The second-order valence-electron chi connectivity index (χ2n) is 4.33. The Hall–Kier alpha value is -1.93. The van der Waals surface area contributed by atoms with Crippen molar-refractivity contribution in [3.8, 4) is 16.6 Å². The van der Waals surface area contributed by atoms with Gasteiger partial charge in [0.05, 0.1) is 11.6 Å². The van der Waals surface area contributed by atoms with Gasteiger partial charge in [0.1, 0.15) is 5.01 Å². The molecule has 0 saturated carbocycles. The Morgan fingerprint density at radius 1 is 1.37 bits per heavy atom. The Labute approximate surface area is 117 Å². The van der Waals surface area contributed by atoms with Crippen molar-refractivity contribution in [1.29, 1.82) is 5.26 Å². The van der Waals surface area contributed by atoms with Crippen LogP contribution in [0.5, 0.6) is 0 Å². The number of aryl methyl sites for hydroxylation is 1. The van der Waals surface area contributed by atoms with Crippen LogP contribution < -0.4 is 5.32 Å². The first-order valence-electron chi connectivity index (χ1n) is 6.33. The first-order chi connectivity index (χ1) is 9.24. The third-order valence-electron chi connectivity index (χ3n) is 2.83. The molecule has 0 fully saturated rings. The Bertz CT molecular complexity index is 598. The van der Waals surface area contributed by atoms with Crippen LogP contribution in [0.4, 0.5) is 5.13 Å². The number of aromatic nitrogens is 2. The predicted octanol–water partition coefficient (Wildman–Crippen LogP) is 3.60. The van der Waals surface area contributed by atoms with Crippen molar-refractivity contribution in [2.75, 3.05) is 11.9 Å². The maximum atomic E-state index is 8.92. The van der Waals surface area contributed by atoms with E-state index < -0.39 is 0 Å². The van der Waals surface area contributed by atoms with Gasteiger partial charge in [0.15, 0.2) is 0 Å². The summed E-state index contributed by atoms with van der Waals surface area (Å²) in [6.07, 6.45) is 2.29. The molecule has 1 aromatic carbocycles. The van der Waals surface area contributed by atoms with Gasteiger partial charge in [-0.2, -0.15) is 5.26 Å². The van der Waals surface area contributed by atoms with Crippen LogP contribution in [0.15, 0.2) is 18.2 Å². The van der Waals surface area contributed by atoms with Crippen LogP contribution >= 0.6 is 11.3 Å². The molecule has 0 aliphatic rings. The highest BCUT2D eigenvalue weighted by Gasteiger charge is 2.07. The molecule has 0 bridgehead atoms. The minimum Gasteiger partial charge on any atom is -0.360 e. The van der Waals surface area contributed by atoms with E-state index in [1.165, 1.54) is 0 Å². The minimum atomic E-state index is 0.703. The van der Waals surface area contributed by atoms with Crippen molar-refractivity contribution in [2.45, 2.75) is 26.7 Å². The molecule has 5 heteroatoms. The molecular weight excluding hydrogens is 256 g/mol. The van der Waals surface area contributed by atoms with Crippen LogP contribution in [0.25, 0.3) is 10.6 Å². The third-order valence-corrected chi connectivity index (χ3v) is 3.76. The molecule has 98 valence electrons. The van der Waals surface area contributed by atoms with E-state index in [4.69, 9.17) is 5.26 Å². The molecule has 0 amide bonds. The Morgan fingerprint density at radius 2 is 2.21 bits per heavy atom. The van der Waals surface area contributed by atoms with Crippen LogP contribution in [-0.4, -0.2) is 16.7 Å². The largest absolute Gasteiger partial charge is 0.360 e. The summed E-state index contributed by atoms with van der Waals surface area (Å²) in [5.74, 6) is 0. The molecule has 0 aliphatic carbocycles. The third kappa shape index (κ3) is 3.30. The summed E-state index contributed by atoms with van der Waals surface area (Å²) in [6.45, 7) is 5.02. The molecule has 0 atom stereocenters. The average molecular weight is 272 g/mol. The predicted molar refractivity (Wildman–Crippen MR) is 78.2 cm³/mol. The van der Waals surface area contributed by atoms with Crippen molar-refractivity contribution in [2.24, 2.45) is 0 Å². The molecule has 0 unspecified atom stereocenters. The van der Waals surface area contributed by atoms with Crippen molar-refractivity contribution < 1.29 is 0 Å². The fraction of sp³-hybridized carbons (Fsp3) is 0.357. The number of rotatable bonds is 5. The lowest BCUT2D eigenvalue weighted by Gasteiger charge is -2.00. The van der Waals surface area contributed by atoms with Gasteiger partial charge in [0.25, 0.3) is 0 Å². The van der Waals surface area contributed by atoms with Gasteiger partial charge in [-0.15, -0.1) is 10.2 Å². The number of benzene rings is 1. The second-order valence-corrected chi connectivity index (χ2v) is 5.31. The van der Waals surface area contributed by atoms with E-state index in [0.717, 1.165) is 40.7 Å². The normalized spacial score (nSPS) is 10.2. The first kappa shape index (κ1) is 13.5. The van der Waals surface area contributed by atoms with Gasteiger partial charge in [-0.05, 0) is 31.0 Å². The smallest absolute Gasteiger partial charge is 0.206 e. The number of unbranched alkanes of at least 4 members (excludes halogenated alkanes) is 1. The molecule has 1 heterocycles. The zero-order chi connectivity index (χ0) is 13.7. The summed E-state index contributed by atoms with van der Waals surface area (Å²) >= 11 is 1.54. The molecule has 0 saturated heterocycles. The molecule has 1 aromatic heterocycles. The monoisotopic (exact) mass is 272 g/mol. The van der Waals surface area contributed by atoms with Gasteiger partial charge in [0.2, 0.25) is 5.13 Å². The van der Waals surface area contributed by atoms with Crippen molar-refractivity contribution in [3.63, 3.8) is 0 Å². The van der Waals surface area contributed by atoms with Crippen LogP contribution in [-0.2, 0) is 0 Å². The van der Waals surface area contributed by atoms with Gasteiger partial charge in [-0.3, -0.25) is 0 Å². The van der Waals surface area contributed by atoms with Crippen LogP contribution in [0.2, 0.25) is 0 Å². The van der Waals surface area contributed by atoms with Crippen molar-refractivity contribution >= 4 is 16.5 Å². The maximum Gasteiger partial charge on any atom is 0.206 e. The Kier molecular flexibility index (Phi) is 4.48. The number of hydrogen-bond acceptors (Lipinski definition) is 5. The van der Waals surface area contributed by atoms with E-state index in [9.17, 15) is 0 Å². The van der Waals surface area contributed by atoms with Gasteiger partial charge < -0.3 is 5.32 Å². The molecule has 1 N–H and O–H groups in total. The molecule has 2 rings (SSSR count). The SMILES string of the molecule is CCCCNc1nnc(-c2ccc(C#N)c(C)c2)s1. The lowest BCUT2D eigenvalue weighted by molar-refractivity contribution is 0.831.